The van der Waals surface area contributed by atoms with Crippen LogP contribution in [-0.2, 0) is 67.4 Å². The van der Waals surface area contributed by atoms with E-state index in [1.54, 1.807) is 48.3 Å². The zero-order chi connectivity index (χ0) is 61.8. The first-order valence-corrected chi connectivity index (χ1v) is 31.3. The molecule has 81 heavy (non-hydrogen) atoms. The molecule has 3 aromatic heterocycles. The van der Waals surface area contributed by atoms with Gasteiger partial charge in [-0.15, -0.1) is 34.0 Å². The molecule has 2 fully saturated rings. The van der Waals surface area contributed by atoms with Crippen LogP contribution in [0.3, 0.4) is 0 Å². The van der Waals surface area contributed by atoms with Gasteiger partial charge in [0.2, 0.25) is 0 Å². The lowest BCUT2D eigenvalue weighted by atomic mass is 10.1. The predicted octanol–water partition coefficient (Wildman–Crippen LogP) is 10.4. The fraction of sp³-hybridized carbons (Fsp3) is 0.673. The number of likely N-dealkylation sites (N-methyl/N-ethyl adjacent to an activating group) is 1. The largest absolute Gasteiger partial charge is 0.444 e. The Morgan fingerprint density at radius 2 is 0.901 bits per heavy atom. The summed E-state index contributed by atoms with van der Waals surface area (Å²) in [7, 11) is 2.14. The van der Waals surface area contributed by atoms with Crippen LogP contribution in [0.4, 0.5) is 24.3 Å². The molecule has 4 amide bonds. The maximum Gasteiger partial charge on any atom is 0.410 e. The number of thiocarbonyl (C=S) groups is 1. The number of halogens is 3. The van der Waals surface area contributed by atoms with E-state index in [2.05, 4.69) is 98.4 Å². The summed E-state index contributed by atoms with van der Waals surface area (Å²) in [4.78, 5) is 94.6. The number of amides is 4. The smallest absolute Gasteiger partial charge is 0.410 e. The molecule has 0 spiro atoms. The van der Waals surface area contributed by atoms with Crippen molar-refractivity contribution in [1.29, 1.82) is 5.26 Å². The Hall–Kier alpha value is -4.31. The van der Waals surface area contributed by atoms with Gasteiger partial charge in [-0.3, -0.25) is 9.59 Å². The van der Waals surface area contributed by atoms with Crippen molar-refractivity contribution in [1.82, 2.24) is 39.5 Å². The van der Waals surface area contributed by atoms with Gasteiger partial charge in [0.25, 0.3) is 0 Å². The predicted molar refractivity (Wildman–Crippen MR) is 331 cm³/mol. The molecule has 0 radical (unpaired) electrons. The maximum absolute atomic E-state index is 11.9. The highest BCUT2D eigenvalue weighted by molar-refractivity contribution is 9.11. The number of carbonyl (C=O) groups excluding carboxylic acids is 6. The number of fused-ring (bicyclic) bond motifs is 3. The van der Waals surface area contributed by atoms with Crippen LogP contribution in [0.1, 0.15) is 141 Å². The Kier molecular flexibility index (Phi) is 29.9. The summed E-state index contributed by atoms with van der Waals surface area (Å²) >= 11 is 19.0. The van der Waals surface area contributed by atoms with Crippen molar-refractivity contribution in [2.24, 2.45) is 11.5 Å². The van der Waals surface area contributed by atoms with E-state index in [9.17, 15) is 28.8 Å². The summed E-state index contributed by atoms with van der Waals surface area (Å²) in [6, 6.07) is 1.75. The molecule has 1 unspecified atom stereocenters. The second-order valence-electron chi connectivity index (χ2n) is 22.6. The third kappa shape index (κ3) is 29.7. The van der Waals surface area contributed by atoms with Crippen LogP contribution >= 0.6 is 94.0 Å². The van der Waals surface area contributed by atoms with Crippen molar-refractivity contribution >= 4 is 140 Å². The van der Waals surface area contributed by atoms with Gasteiger partial charge < -0.3 is 60.6 Å². The Balaban J connectivity index is 0.000000338. The standard InChI is InChI=1S/C11H15BrN2O2S.C11H17N3O2S.C10H16BrNO3.C10H17NO3.C7H9BrN2S.C2H3N.CH4N2S/c2*1-11(2,3)16-10(15)14-5-4-8-7(6-14)13-9(12)17-8;1-10(2,3)15-9(14)12-5-4-8(13)7(11)6-12;1-10(2,3)14-9(13)11-6-4-8(12)5-7-11;1-10-3-2-6-5(4-10)9-7(8)11-6;1-2-3;2-1(3)4/h4-6H2,1-3H3;4-6H2,1-3H3,(H2,12,13);7H,4-6H2,1-3H3;4-7H2,1-3H3;2-4H2,1H3;1H3;(H4,2,3,4). The van der Waals surface area contributed by atoms with Gasteiger partial charge in [-0.1, -0.05) is 15.9 Å². The number of hydrogen-bond acceptors (Lipinski definition) is 20. The molecule has 5 aliphatic rings. The molecule has 22 nitrogen and oxygen atoms in total. The second kappa shape index (κ2) is 33.3. The summed E-state index contributed by atoms with van der Waals surface area (Å²) in [5.41, 5.74) is 16.2. The van der Waals surface area contributed by atoms with Crippen LogP contribution in [0, 0.1) is 11.3 Å². The van der Waals surface area contributed by atoms with E-state index >= 15 is 0 Å². The molecular formula is C52H81Br3N12O10S4. The van der Waals surface area contributed by atoms with Gasteiger partial charge in [0.1, 0.15) is 34.0 Å². The van der Waals surface area contributed by atoms with Gasteiger partial charge in [-0.25, -0.2) is 34.1 Å². The molecule has 0 bridgehead atoms. The molecule has 454 valence electrons. The molecule has 8 rings (SSSR count). The summed E-state index contributed by atoms with van der Waals surface area (Å²) in [5, 5.41) is 7.89. The number of nitriles is 1. The minimum Gasteiger partial charge on any atom is -0.444 e. The number of thiazole rings is 3. The number of rotatable bonds is 0. The highest BCUT2D eigenvalue weighted by atomic mass is 79.9. The molecule has 0 saturated carbocycles. The summed E-state index contributed by atoms with van der Waals surface area (Å²) in [6.45, 7) is 30.1. The number of ether oxygens (including phenoxy) is 4. The number of Topliss-reactive ketones (excluding diaryl/α,β-unsaturated/α-hetero) is 2. The zero-order valence-electron chi connectivity index (χ0n) is 49.0. The molecule has 1 atom stereocenters. The Morgan fingerprint density at radius 1 is 0.580 bits per heavy atom. The van der Waals surface area contributed by atoms with E-state index in [0.29, 0.717) is 76.8 Å². The third-order valence-electron chi connectivity index (χ3n) is 10.6. The molecule has 2 saturated heterocycles. The number of likely N-dealkylation sites (tertiary alicyclic amines) is 2. The number of hydrogen-bond donors (Lipinski definition) is 3. The first kappa shape index (κ1) is 72.8. The number of aromatic nitrogens is 3. The highest BCUT2D eigenvalue weighted by Gasteiger charge is 2.32. The number of nitrogens with two attached hydrogens (primary N) is 3. The third-order valence-corrected chi connectivity index (χ3v) is 15.6. The van der Waals surface area contributed by atoms with E-state index in [0.717, 1.165) is 45.0 Å². The normalized spacial score (nSPS) is 16.8. The number of nitrogens with zero attached hydrogens (tertiary/aromatic N) is 9. The minimum absolute atomic E-state index is 0.000000000000000222. The number of ketones is 2. The first-order valence-electron chi connectivity index (χ1n) is 25.9. The first-order chi connectivity index (χ1) is 37.3. The van der Waals surface area contributed by atoms with Gasteiger partial charge in [-0.05, 0) is 141 Å². The SMILES string of the molecule is CC#N.CC(C)(C)OC(=O)N1CCC(=O)C(Br)C1.CC(C)(C)OC(=O)N1CCC(=O)CC1.CC(C)(C)OC(=O)N1CCc2sc(Br)nc2C1.CC(C)(C)OC(=O)N1CCc2sc(N)nc2C1.CN1CCc2sc(Br)nc2C1.NC(N)=S. The van der Waals surface area contributed by atoms with Gasteiger partial charge in [0.15, 0.2) is 18.1 Å². The lowest BCUT2D eigenvalue weighted by Crippen LogP contribution is -2.46. The fourth-order valence-corrected chi connectivity index (χ4v) is 11.8. The number of carbonyl (C=O) groups is 6. The van der Waals surface area contributed by atoms with Gasteiger partial charge in [-0.2, -0.15) is 5.26 Å². The molecule has 8 heterocycles. The summed E-state index contributed by atoms with van der Waals surface area (Å²) < 4.78 is 23.0. The average molecular weight is 1400 g/mol. The lowest BCUT2D eigenvalue weighted by Gasteiger charge is -2.31. The van der Waals surface area contributed by atoms with Gasteiger partial charge in [0, 0.05) is 106 Å². The molecule has 0 aliphatic carbocycles. The Bertz CT molecular complexity index is 2540. The fourth-order valence-electron chi connectivity index (χ4n) is 7.19. The van der Waals surface area contributed by atoms with Crippen LogP contribution in [-0.4, -0.2) is 161 Å². The van der Waals surface area contributed by atoms with Crippen LogP contribution in [0.15, 0.2) is 7.83 Å². The van der Waals surface area contributed by atoms with E-state index in [-0.39, 0.29) is 45.9 Å². The van der Waals surface area contributed by atoms with Crippen molar-refractivity contribution in [2.75, 3.05) is 58.6 Å². The van der Waals surface area contributed by atoms with E-state index in [1.807, 2.05) is 83.1 Å². The van der Waals surface area contributed by atoms with Crippen LogP contribution in [0.5, 0.6) is 0 Å². The maximum atomic E-state index is 11.9. The van der Waals surface area contributed by atoms with E-state index < -0.39 is 22.4 Å². The second-order valence-corrected chi connectivity index (χ2v) is 30.0. The molecule has 5 aliphatic heterocycles. The molecule has 0 aromatic carbocycles. The van der Waals surface area contributed by atoms with Crippen molar-refractivity contribution in [3.63, 3.8) is 0 Å². The summed E-state index contributed by atoms with van der Waals surface area (Å²) in [5.74, 6) is 0.375. The molecule has 29 heteroatoms. The van der Waals surface area contributed by atoms with E-state index in [4.69, 9.17) is 29.9 Å². The van der Waals surface area contributed by atoms with Gasteiger partial charge >= 0.3 is 24.4 Å². The molecule has 6 N–H and O–H groups in total. The van der Waals surface area contributed by atoms with Crippen molar-refractivity contribution < 1.29 is 47.7 Å². The molecule has 3 aromatic rings. The van der Waals surface area contributed by atoms with Crippen LogP contribution in [0.25, 0.3) is 0 Å². The van der Waals surface area contributed by atoms with Gasteiger partial charge in [0.05, 0.1) is 41.1 Å². The van der Waals surface area contributed by atoms with Crippen molar-refractivity contribution in [3.05, 3.63) is 39.5 Å². The van der Waals surface area contributed by atoms with E-state index in [1.165, 1.54) is 45.1 Å². The number of anilines is 1. The average Bonchev–Trinajstić information content (AvgIpc) is 4.01. The Labute approximate surface area is 519 Å². The molecular weight excluding hydrogens is 1320 g/mol. The lowest BCUT2D eigenvalue weighted by molar-refractivity contribution is -0.121. The monoisotopic (exact) mass is 1400 g/mol. The van der Waals surface area contributed by atoms with Crippen molar-refractivity contribution in [3.8, 4) is 6.07 Å². The van der Waals surface area contributed by atoms with Crippen LogP contribution in [0.2, 0.25) is 0 Å². The topological polar surface area (TPSA) is 296 Å². The Morgan fingerprint density at radius 3 is 1.30 bits per heavy atom. The number of alkyl halides is 1. The highest BCUT2D eigenvalue weighted by Crippen LogP contribution is 2.30. The number of piperidine rings is 2. The zero-order valence-corrected chi connectivity index (χ0v) is 57.0. The number of nitrogen functional groups attached to an aromatic ring is 1. The summed E-state index contributed by atoms with van der Waals surface area (Å²) in [6.07, 6.45) is 2.94. The van der Waals surface area contributed by atoms with Crippen molar-refractivity contribution in [2.45, 2.75) is 175 Å². The minimum atomic E-state index is -0.486. The quantitative estimate of drug-likeness (QED) is 0.107. The van der Waals surface area contributed by atoms with Crippen LogP contribution < -0.4 is 17.2 Å².